The molecule has 1 N–H and O–H groups in total. The molecule has 20 heavy (non-hydrogen) atoms. The Morgan fingerprint density at radius 2 is 2.20 bits per heavy atom. The van der Waals surface area contributed by atoms with Crippen molar-refractivity contribution in [2.75, 3.05) is 34.4 Å². The molecule has 2 rings (SSSR count). The molecule has 112 valence electrons. The highest BCUT2D eigenvalue weighted by Crippen LogP contribution is 2.26. The number of nitrogens with zero attached hydrogens (tertiary/aromatic N) is 1. The summed E-state index contributed by atoms with van der Waals surface area (Å²) in [5, 5.41) is 3.28. The third-order valence-corrected chi connectivity index (χ3v) is 4.19. The first-order chi connectivity index (χ1) is 9.67. The lowest BCUT2D eigenvalue weighted by atomic mass is 10.0. The molecule has 0 radical (unpaired) electrons. The number of ether oxygens (including phenoxy) is 2. The summed E-state index contributed by atoms with van der Waals surface area (Å²) in [7, 11) is 5.52. The summed E-state index contributed by atoms with van der Waals surface area (Å²) in [6.07, 6.45) is 1.49. The molecule has 4 heteroatoms. The van der Waals surface area contributed by atoms with E-state index >= 15 is 0 Å². The van der Waals surface area contributed by atoms with Crippen LogP contribution in [0.3, 0.4) is 0 Å². The largest absolute Gasteiger partial charge is 0.496 e. The van der Waals surface area contributed by atoms with Crippen LogP contribution >= 0.6 is 0 Å². The Morgan fingerprint density at radius 3 is 2.80 bits per heavy atom. The zero-order valence-corrected chi connectivity index (χ0v) is 13.0. The van der Waals surface area contributed by atoms with Crippen LogP contribution in [0.4, 0.5) is 0 Å². The van der Waals surface area contributed by atoms with Gasteiger partial charge in [0.25, 0.3) is 0 Å². The summed E-state index contributed by atoms with van der Waals surface area (Å²) < 4.78 is 10.9. The molecule has 0 aliphatic carbocycles. The second-order valence-electron chi connectivity index (χ2n) is 5.46. The van der Waals surface area contributed by atoms with Crippen LogP contribution in [0.1, 0.15) is 30.5 Å². The van der Waals surface area contributed by atoms with Crippen LogP contribution < -0.4 is 10.1 Å². The predicted molar refractivity (Wildman–Crippen MR) is 81.2 cm³/mol. The molecule has 1 fully saturated rings. The lowest BCUT2D eigenvalue weighted by molar-refractivity contribution is 0.107. The smallest absolute Gasteiger partial charge is 0.123 e. The van der Waals surface area contributed by atoms with Crippen LogP contribution in [0.5, 0.6) is 5.75 Å². The first-order valence-electron chi connectivity index (χ1n) is 7.27. The van der Waals surface area contributed by atoms with Gasteiger partial charge >= 0.3 is 0 Å². The van der Waals surface area contributed by atoms with E-state index in [9.17, 15) is 0 Å². The Labute approximate surface area is 122 Å². The summed E-state index contributed by atoms with van der Waals surface area (Å²) in [5.74, 6) is 0.970. The molecule has 2 atom stereocenters. The van der Waals surface area contributed by atoms with Crippen molar-refractivity contribution in [1.29, 1.82) is 0 Å². The highest BCUT2D eigenvalue weighted by molar-refractivity contribution is 5.38. The topological polar surface area (TPSA) is 33.7 Å². The van der Waals surface area contributed by atoms with Gasteiger partial charge in [0.05, 0.1) is 13.2 Å². The van der Waals surface area contributed by atoms with Crippen molar-refractivity contribution < 1.29 is 9.47 Å². The molecular formula is C16H26N2O2. The molecular weight excluding hydrogens is 252 g/mol. The van der Waals surface area contributed by atoms with Gasteiger partial charge in [-0.2, -0.15) is 0 Å². The first kappa shape index (κ1) is 15.3. The van der Waals surface area contributed by atoms with Crippen molar-refractivity contribution in [2.24, 2.45) is 0 Å². The molecule has 1 aliphatic rings. The monoisotopic (exact) mass is 278 g/mol. The number of hydrogen-bond acceptors (Lipinski definition) is 4. The van der Waals surface area contributed by atoms with E-state index in [-0.39, 0.29) is 0 Å². The summed E-state index contributed by atoms with van der Waals surface area (Å²) in [6, 6.07) is 6.80. The van der Waals surface area contributed by atoms with Gasteiger partial charge in [0.15, 0.2) is 0 Å². The van der Waals surface area contributed by atoms with Gasteiger partial charge in [-0.25, -0.2) is 0 Å². The lowest BCUT2D eigenvalue weighted by Crippen LogP contribution is -2.23. The minimum Gasteiger partial charge on any atom is -0.496 e. The Morgan fingerprint density at radius 1 is 1.40 bits per heavy atom. The van der Waals surface area contributed by atoms with Crippen molar-refractivity contribution in [3.63, 3.8) is 0 Å². The van der Waals surface area contributed by atoms with Gasteiger partial charge in [0.2, 0.25) is 0 Å². The van der Waals surface area contributed by atoms with Crippen LogP contribution in [0, 0.1) is 0 Å². The Kier molecular flexibility index (Phi) is 5.40. The summed E-state index contributed by atoms with van der Waals surface area (Å²) in [6.45, 7) is 5.19. The average Bonchev–Trinajstić information content (AvgIpc) is 2.94. The predicted octanol–water partition coefficient (Wildman–Crippen LogP) is 2.20. The molecule has 1 heterocycles. The molecule has 2 unspecified atom stereocenters. The fourth-order valence-corrected chi connectivity index (χ4v) is 2.73. The Hall–Kier alpha value is -1.10. The van der Waals surface area contributed by atoms with E-state index in [4.69, 9.17) is 9.47 Å². The number of methoxy groups -OCH3 is 2. The van der Waals surface area contributed by atoms with Crippen molar-refractivity contribution in [1.82, 2.24) is 10.2 Å². The average molecular weight is 278 g/mol. The number of hydrogen-bond donors (Lipinski definition) is 1. The van der Waals surface area contributed by atoms with Gasteiger partial charge in [-0.1, -0.05) is 6.07 Å². The van der Waals surface area contributed by atoms with E-state index in [0.717, 1.165) is 31.8 Å². The van der Waals surface area contributed by atoms with Gasteiger partial charge in [0, 0.05) is 38.3 Å². The number of rotatable bonds is 6. The molecule has 0 amide bonds. The van der Waals surface area contributed by atoms with E-state index in [1.807, 2.05) is 7.05 Å². The zero-order valence-electron chi connectivity index (χ0n) is 13.0. The minimum atomic E-state index is 0.352. The van der Waals surface area contributed by atoms with Gasteiger partial charge in [-0.15, -0.1) is 0 Å². The first-order valence-corrected chi connectivity index (χ1v) is 7.27. The van der Waals surface area contributed by atoms with Crippen molar-refractivity contribution in [3.05, 3.63) is 29.3 Å². The quantitative estimate of drug-likeness (QED) is 0.865. The molecule has 0 bridgehead atoms. The van der Waals surface area contributed by atoms with Crippen LogP contribution in [0.25, 0.3) is 0 Å². The normalized spacial score (nSPS) is 21.1. The number of likely N-dealkylation sites (tertiary alicyclic amines) is 1. The highest BCUT2D eigenvalue weighted by atomic mass is 16.5. The summed E-state index contributed by atoms with van der Waals surface area (Å²) >= 11 is 0. The fourth-order valence-electron chi connectivity index (χ4n) is 2.73. The standard InChI is InChI=1S/C16H26N2O2/c1-12(17-2)13-5-6-16(20-4)14(9-13)10-18-8-7-15(11-18)19-3/h5-6,9,12,15,17H,7-8,10-11H2,1-4H3. The van der Waals surface area contributed by atoms with Gasteiger partial charge < -0.3 is 14.8 Å². The van der Waals surface area contributed by atoms with E-state index in [1.165, 1.54) is 11.1 Å². The molecule has 4 nitrogen and oxygen atoms in total. The maximum atomic E-state index is 5.50. The maximum absolute atomic E-state index is 5.50. The van der Waals surface area contributed by atoms with Crippen LogP contribution in [-0.4, -0.2) is 45.4 Å². The summed E-state index contributed by atoms with van der Waals surface area (Å²) in [4.78, 5) is 2.43. The third-order valence-electron chi connectivity index (χ3n) is 4.19. The van der Waals surface area contributed by atoms with Crippen molar-refractivity contribution >= 4 is 0 Å². The van der Waals surface area contributed by atoms with E-state index in [0.29, 0.717) is 12.1 Å². The van der Waals surface area contributed by atoms with Crippen LogP contribution in [0.2, 0.25) is 0 Å². The molecule has 1 saturated heterocycles. The van der Waals surface area contributed by atoms with Crippen molar-refractivity contribution in [3.8, 4) is 5.75 Å². The molecule has 0 spiro atoms. The molecule has 1 aromatic rings. The SMILES string of the molecule is CNC(C)c1ccc(OC)c(CN2CCC(OC)C2)c1. The molecule has 0 saturated carbocycles. The molecule has 1 aromatic carbocycles. The number of benzene rings is 1. The van der Waals surface area contributed by atoms with Crippen molar-refractivity contribution in [2.45, 2.75) is 32.0 Å². The maximum Gasteiger partial charge on any atom is 0.123 e. The minimum absolute atomic E-state index is 0.352. The summed E-state index contributed by atoms with van der Waals surface area (Å²) in [5.41, 5.74) is 2.55. The van der Waals surface area contributed by atoms with E-state index in [1.54, 1.807) is 14.2 Å². The zero-order chi connectivity index (χ0) is 14.5. The lowest BCUT2D eigenvalue weighted by Gasteiger charge is -2.20. The van der Waals surface area contributed by atoms with E-state index in [2.05, 4.69) is 35.3 Å². The van der Waals surface area contributed by atoms with Gasteiger partial charge in [-0.05, 0) is 38.1 Å². The second-order valence-corrected chi connectivity index (χ2v) is 5.46. The number of nitrogens with one attached hydrogen (secondary N) is 1. The third kappa shape index (κ3) is 3.51. The van der Waals surface area contributed by atoms with Gasteiger partial charge in [0.1, 0.15) is 5.75 Å². The van der Waals surface area contributed by atoms with Gasteiger partial charge in [-0.3, -0.25) is 4.90 Å². The molecule has 0 aromatic heterocycles. The van der Waals surface area contributed by atoms with Crippen LogP contribution in [0.15, 0.2) is 18.2 Å². The second kappa shape index (κ2) is 7.07. The van der Waals surface area contributed by atoms with Crippen LogP contribution in [-0.2, 0) is 11.3 Å². The Balaban J connectivity index is 2.12. The van der Waals surface area contributed by atoms with E-state index < -0.39 is 0 Å². The fraction of sp³-hybridized carbons (Fsp3) is 0.625. The Bertz CT molecular complexity index is 436. The highest BCUT2D eigenvalue weighted by Gasteiger charge is 2.23. The molecule has 1 aliphatic heterocycles.